The molecule has 3 heterocycles. The number of nitrogens with zero attached hydrogens (tertiary/aromatic N) is 3. The molecule has 7 heteroatoms. The van der Waals surface area contributed by atoms with E-state index in [4.69, 9.17) is 4.74 Å². The average molecular weight is 297 g/mol. The second-order valence-corrected chi connectivity index (χ2v) is 5.48. The molecule has 3 rings (SSSR count). The highest BCUT2D eigenvalue weighted by Gasteiger charge is 2.37. The summed E-state index contributed by atoms with van der Waals surface area (Å²) in [5.74, 6) is -2.21. The summed E-state index contributed by atoms with van der Waals surface area (Å²) in [6.07, 6.45) is 1.68. The van der Waals surface area contributed by atoms with Crippen molar-refractivity contribution >= 4 is 5.91 Å². The molecule has 0 N–H and O–H groups in total. The highest BCUT2D eigenvalue weighted by atomic mass is 19.1. The zero-order valence-electron chi connectivity index (χ0n) is 11.8. The van der Waals surface area contributed by atoms with Gasteiger partial charge in [0.05, 0.1) is 24.9 Å². The Morgan fingerprint density at radius 2 is 2.24 bits per heavy atom. The van der Waals surface area contributed by atoms with Gasteiger partial charge in [0.1, 0.15) is 5.82 Å². The normalized spacial score (nSPS) is 26.5. The average Bonchev–Trinajstić information content (AvgIpc) is 2.47. The molecule has 1 aromatic rings. The topological polar surface area (TPSA) is 45.7 Å². The summed E-state index contributed by atoms with van der Waals surface area (Å²) in [6.45, 7) is 2.47. The zero-order valence-corrected chi connectivity index (χ0v) is 11.8. The van der Waals surface area contributed by atoms with Gasteiger partial charge in [0.2, 0.25) is 0 Å². The highest BCUT2D eigenvalue weighted by Crippen LogP contribution is 2.23. The lowest BCUT2D eigenvalue weighted by Gasteiger charge is -2.45. The van der Waals surface area contributed by atoms with Gasteiger partial charge in [-0.3, -0.25) is 9.69 Å². The lowest BCUT2D eigenvalue weighted by atomic mass is 9.99. The van der Waals surface area contributed by atoms with Crippen LogP contribution < -0.4 is 0 Å². The predicted octanol–water partition coefficient (Wildman–Crippen LogP) is 0.905. The number of aromatic nitrogens is 1. The third-order valence-electron chi connectivity index (χ3n) is 4.16. The molecule has 2 fully saturated rings. The second kappa shape index (κ2) is 5.65. The van der Waals surface area contributed by atoms with Crippen LogP contribution in [0.4, 0.5) is 8.78 Å². The molecule has 1 aromatic heterocycles. The molecule has 1 amide bonds. The summed E-state index contributed by atoms with van der Waals surface area (Å²) in [7, 11) is 1.99. The molecule has 21 heavy (non-hydrogen) atoms. The van der Waals surface area contributed by atoms with E-state index in [1.807, 2.05) is 7.05 Å². The fraction of sp³-hybridized carbons (Fsp3) is 0.571. The Bertz CT molecular complexity index is 555. The maximum atomic E-state index is 13.7. The van der Waals surface area contributed by atoms with Gasteiger partial charge in [-0.15, -0.1) is 0 Å². The number of rotatable bonds is 1. The van der Waals surface area contributed by atoms with E-state index in [1.165, 1.54) is 0 Å². The molecule has 114 valence electrons. The van der Waals surface area contributed by atoms with E-state index in [9.17, 15) is 13.6 Å². The van der Waals surface area contributed by atoms with E-state index in [2.05, 4.69) is 9.88 Å². The van der Waals surface area contributed by atoms with Crippen molar-refractivity contribution in [3.63, 3.8) is 0 Å². The number of fused-ring (bicyclic) bond motifs is 1. The molecule has 0 spiro atoms. The van der Waals surface area contributed by atoms with Crippen LogP contribution in [0.5, 0.6) is 0 Å². The van der Waals surface area contributed by atoms with Crippen LogP contribution in [-0.2, 0) is 4.74 Å². The fourth-order valence-electron chi connectivity index (χ4n) is 2.95. The van der Waals surface area contributed by atoms with Crippen molar-refractivity contribution in [3.05, 3.63) is 29.6 Å². The molecule has 2 saturated heterocycles. The minimum Gasteiger partial charge on any atom is -0.375 e. The van der Waals surface area contributed by atoms with Gasteiger partial charge in [-0.1, -0.05) is 0 Å². The minimum atomic E-state index is -0.921. The summed E-state index contributed by atoms with van der Waals surface area (Å²) >= 11 is 0. The van der Waals surface area contributed by atoms with Crippen molar-refractivity contribution in [1.82, 2.24) is 14.8 Å². The Morgan fingerprint density at radius 3 is 3.00 bits per heavy atom. The van der Waals surface area contributed by atoms with Gasteiger partial charge < -0.3 is 9.64 Å². The van der Waals surface area contributed by atoms with Gasteiger partial charge in [0.15, 0.2) is 11.5 Å². The SMILES string of the molecule is CN1CCO[C@@H]2CCN(C(=O)c3ncc(F)cc3F)C[C@H]21. The molecular formula is C14H17F2N3O2. The Labute approximate surface area is 121 Å². The van der Waals surface area contributed by atoms with E-state index in [0.717, 1.165) is 12.7 Å². The maximum absolute atomic E-state index is 13.7. The number of likely N-dealkylation sites (tertiary alicyclic amines) is 1. The summed E-state index contributed by atoms with van der Waals surface area (Å²) in [5, 5.41) is 0. The van der Waals surface area contributed by atoms with Crippen molar-refractivity contribution < 1.29 is 18.3 Å². The molecule has 5 nitrogen and oxygen atoms in total. The van der Waals surface area contributed by atoms with Crippen molar-refractivity contribution in [1.29, 1.82) is 0 Å². The number of morpholine rings is 1. The van der Waals surface area contributed by atoms with E-state index in [-0.39, 0.29) is 17.8 Å². The number of carbonyl (C=O) groups excluding carboxylic acids is 1. The van der Waals surface area contributed by atoms with E-state index >= 15 is 0 Å². The number of halogens is 2. The number of hydrogen-bond donors (Lipinski definition) is 0. The molecular weight excluding hydrogens is 280 g/mol. The molecule has 0 radical (unpaired) electrons. The number of pyridine rings is 1. The number of piperidine rings is 1. The zero-order chi connectivity index (χ0) is 15.0. The Kier molecular flexibility index (Phi) is 3.86. The van der Waals surface area contributed by atoms with Crippen LogP contribution in [0.1, 0.15) is 16.9 Å². The summed E-state index contributed by atoms with van der Waals surface area (Å²) in [5.41, 5.74) is -0.325. The van der Waals surface area contributed by atoms with Gasteiger partial charge in [0.25, 0.3) is 5.91 Å². The lowest BCUT2D eigenvalue weighted by molar-refractivity contribution is -0.0894. The standard InChI is InChI=1S/C14H17F2N3O2/c1-18-4-5-21-12-2-3-19(8-11(12)18)14(20)13-10(16)6-9(15)7-17-13/h6-7,11-12H,2-5,8H2,1H3/t11-,12-/m1/s1. The van der Waals surface area contributed by atoms with Crippen LogP contribution in [0.3, 0.4) is 0 Å². The number of ether oxygens (including phenoxy) is 1. The largest absolute Gasteiger partial charge is 0.375 e. The van der Waals surface area contributed by atoms with Gasteiger partial charge in [0, 0.05) is 25.7 Å². The molecule has 0 aromatic carbocycles. The second-order valence-electron chi connectivity index (χ2n) is 5.48. The first-order valence-electron chi connectivity index (χ1n) is 6.98. The number of hydrogen-bond acceptors (Lipinski definition) is 4. The Hall–Kier alpha value is -1.60. The molecule has 0 unspecified atom stereocenters. The molecule has 0 bridgehead atoms. The third-order valence-corrected chi connectivity index (χ3v) is 4.16. The first-order chi connectivity index (χ1) is 10.1. The van der Waals surface area contributed by atoms with Crippen LogP contribution in [0, 0.1) is 11.6 Å². The highest BCUT2D eigenvalue weighted by molar-refractivity contribution is 5.92. The van der Waals surface area contributed by atoms with Crippen molar-refractivity contribution in [3.8, 4) is 0 Å². The van der Waals surface area contributed by atoms with Crippen LogP contribution in [0.2, 0.25) is 0 Å². The molecule has 2 aliphatic rings. The van der Waals surface area contributed by atoms with Crippen LogP contribution in [0.25, 0.3) is 0 Å². The molecule has 0 aliphatic carbocycles. The van der Waals surface area contributed by atoms with Gasteiger partial charge in [-0.2, -0.15) is 0 Å². The van der Waals surface area contributed by atoms with Crippen molar-refractivity contribution in [2.45, 2.75) is 18.6 Å². The Morgan fingerprint density at radius 1 is 1.43 bits per heavy atom. The lowest BCUT2D eigenvalue weighted by Crippen LogP contribution is -2.59. The number of likely N-dealkylation sites (N-methyl/N-ethyl adjacent to an activating group) is 1. The predicted molar refractivity (Wildman–Crippen MR) is 70.8 cm³/mol. The third kappa shape index (κ3) is 2.75. The Balaban J connectivity index is 1.76. The smallest absolute Gasteiger partial charge is 0.275 e. The number of amides is 1. The monoisotopic (exact) mass is 297 g/mol. The van der Waals surface area contributed by atoms with Crippen LogP contribution in [0.15, 0.2) is 12.3 Å². The van der Waals surface area contributed by atoms with Crippen LogP contribution in [-0.4, -0.2) is 66.1 Å². The first-order valence-corrected chi connectivity index (χ1v) is 6.98. The summed E-state index contributed by atoms with van der Waals surface area (Å²) in [4.78, 5) is 19.7. The van der Waals surface area contributed by atoms with Crippen molar-refractivity contribution in [2.24, 2.45) is 0 Å². The number of carbonyl (C=O) groups is 1. The molecule has 0 saturated carbocycles. The molecule has 2 atom stereocenters. The quantitative estimate of drug-likeness (QED) is 0.773. The van der Waals surface area contributed by atoms with E-state index in [1.54, 1.807) is 4.90 Å². The van der Waals surface area contributed by atoms with Gasteiger partial charge in [-0.05, 0) is 13.5 Å². The first kappa shape index (κ1) is 14.3. The maximum Gasteiger partial charge on any atom is 0.275 e. The van der Waals surface area contributed by atoms with Crippen molar-refractivity contribution in [2.75, 3.05) is 33.3 Å². The summed E-state index contributed by atoms with van der Waals surface area (Å²) in [6, 6.07) is 0.794. The molecule has 2 aliphatic heterocycles. The minimum absolute atomic E-state index is 0.110. The fourth-order valence-corrected chi connectivity index (χ4v) is 2.95. The summed E-state index contributed by atoms with van der Waals surface area (Å²) < 4.78 is 32.3. The van der Waals surface area contributed by atoms with Crippen LogP contribution >= 0.6 is 0 Å². The van der Waals surface area contributed by atoms with E-state index in [0.29, 0.717) is 32.2 Å². The van der Waals surface area contributed by atoms with Gasteiger partial charge >= 0.3 is 0 Å². The van der Waals surface area contributed by atoms with Gasteiger partial charge in [-0.25, -0.2) is 13.8 Å². The van der Waals surface area contributed by atoms with E-state index < -0.39 is 17.5 Å².